The SMILES string of the molecule is Cn1nnc2cc(CN[C@H]3C[C@@H](O)[C@@H]3n3cccn3)ccc21. The normalized spacial score (nSPS) is 24.5. The molecule has 7 nitrogen and oxygen atoms in total. The van der Waals surface area contributed by atoms with Crippen LogP contribution in [0.3, 0.4) is 0 Å². The predicted octanol–water partition coefficient (Wildman–Crippen LogP) is 0.629. The van der Waals surface area contributed by atoms with Gasteiger partial charge in [-0.15, -0.1) is 5.10 Å². The van der Waals surface area contributed by atoms with Gasteiger partial charge in [0.15, 0.2) is 0 Å². The molecule has 0 spiro atoms. The van der Waals surface area contributed by atoms with E-state index in [-0.39, 0.29) is 18.2 Å². The molecule has 1 fully saturated rings. The molecular weight excluding hydrogens is 280 g/mol. The van der Waals surface area contributed by atoms with Crippen molar-refractivity contribution in [2.75, 3.05) is 0 Å². The van der Waals surface area contributed by atoms with Crippen molar-refractivity contribution < 1.29 is 5.11 Å². The molecule has 2 aromatic heterocycles. The van der Waals surface area contributed by atoms with Crippen LogP contribution in [0.25, 0.3) is 11.0 Å². The van der Waals surface area contributed by atoms with Crippen LogP contribution in [0.1, 0.15) is 18.0 Å². The van der Waals surface area contributed by atoms with E-state index >= 15 is 0 Å². The van der Waals surface area contributed by atoms with E-state index < -0.39 is 0 Å². The molecule has 0 amide bonds. The highest BCUT2D eigenvalue weighted by Crippen LogP contribution is 2.32. The van der Waals surface area contributed by atoms with Gasteiger partial charge in [0.2, 0.25) is 0 Å². The third-order valence-corrected chi connectivity index (χ3v) is 4.38. The number of hydrogen-bond donors (Lipinski definition) is 2. The molecule has 2 heterocycles. The number of fused-ring (bicyclic) bond motifs is 1. The van der Waals surface area contributed by atoms with Gasteiger partial charge < -0.3 is 10.4 Å². The lowest BCUT2D eigenvalue weighted by molar-refractivity contribution is -0.00821. The van der Waals surface area contributed by atoms with Crippen molar-refractivity contribution in [1.82, 2.24) is 30.1 Å². The molecule has 0 unspecified atom stereocenters. The molecule has 3 atom stereocenters. The Labute approximate surface area is 127 Å². The monoisotopic (exact) mass is 298 g/mol. The van der Waals surface area contributed by atoms with Crippen molar-refractivity contribution in [2.24, 2.45) is 7.05 Å². The number of nitrogens with zero attached hydrogens (tertiary/aromatic N) is 5. The number of hydrogen-bond acceptors (Lipinski definition) is 5. The Bertz CT molecular complexity index is 781. The van der Waals surface area contributed by atoms with E-state index in [0.717, 1.165) is 29.6 Å². The first kappa shape index (κ1) is 13.4. The summed E-state index contributed by atoms with van der Waals surface area (Å²) >= 11 is 0. The summed E-state index contributed by atoms with van der Waals surface area (Å²) < 4.78 is 3.60. The van der Waals surface area contributed by atoms with Crippen molar-refractivity contribution in [3.05, 3.63) is 42.2 Å². The maximum atomic E-state index is 9.97. The van der Waals surface area contributed by atoms with Crippen molar-refractivity contribution in [2.45, 2.75) is 31.2 Å². The first-order valence-electron chi connectivity index (χ1n) is 7.41. The Morgan fingerprint density at radius 2 is 2.32 bits per heavy atom. The van der Waals surface area contributed by atoms with Gasteiger partial charge in [-0.05, 0) is 30.2 Å². The third kappa shape index (κ3) is 2.18. The number of aliphatic hydroxyl groups is 1. The van der Waals surface area contributed by atoms with E-state index in [1.54, 1.807) is 10.9 Å². The fraction of sp³-hybridized carbons (Fsp3) is 0.400. The maximum absolute atomic E-state index is 9.97. The second-order valence-corrected chi connectivity index (χ2v) is 5.80. The zero-order valence-corrected chi connectivity index (χ0v) is 12.3. The molecule has 7 heteroatoms. The quantitative estimate of drug-likeness (QED) is 0.738. The second kappa shape index (κ2) is 5.19. The zero-order valence-electron chi connectivity index (χ0n) is 12.3. The van der Waals surface area contributed by atoms with Gasteiger partial charge in [-0.2, -0.15) is 5.10 Å². The lowest BCUT2D eigenvalue weighted by Gasteiger charge is -2.42. The van der Waals surface area contributed by atoms with Crippen LogP contribution in [0.4, 0.5) is 0 Å². The highest BCUT2D eigenvalue weighted by Gasteiger charge is 2.41. The number of aromatic nitrogens is 5. The average Bonchev–Trinajstić information content (AvgIpc) is 3.14. The molecule has 4 rings (SSSR count). The van der Waals surface area contributed by atoms with E-state index in [1.165, 1.54) is 0 Å². The standard InChI is InChI=1S/C15H18N6O/c1-20-13-4-3-10(7-11(13)18-19-20)9-16-12-8-14(22)15(12)21-6-2-5-17-21/h2-7,12,14-16,22H,8-9H2,1H3/t12-,14+,15+/m0/s1. The molecule has 1 aliphatic carbocycles. The summed E-state index contributed by atoms with van der Waals surface area (Å²) in [6.45, 7) is 0.738. The van der Waals surface area contributed by atoms with Gasteiger partial charge in [0.05, 0.1) is 17.7 Å². The van der Waals surface area contributed by atoms with Crippen LogP contribution in [0.15, 0.2) is 36.7 Å². The number of aryl methyl sites for hydroxylation is 1. The summed E-state index contributed by atoms with van der Waals surface area (Å²) in [5, 5.41) is 25.9. The topological polar surface area (TPSA) is 80.8 Å². The summed E-state index contributed by atoms with van der Waals surface area (Å²) in [5.74, 6) is 0. The molecule has 0 bridgehead atoms. The average molecular weight is 298 g/mol. The van der Waals surface area contributed by atoms with Gasteiger partial charge in [0.25, 0.3) is 0 Å². The minimum atomic E-state index is -0.333. The molecule has 2 N–H and O–H groups in total. The molecule has 1 aliphatic rings. The molecular formula is C15H18N6O. The fourth-order valence-electron chi connectivity index (χ4n) is 3.08. The molecule has 0 radical (unpaired) electrons. The second-order valence-electron chi connectivity index (χ2n) is 5.80. The molecule has 114 valence electrons. The summed E-state index contributed by atoms with van der Waals surface area (Å²) in [5.41, 5.74) is 3.09. The molecule has 1 saturated carbocycles. The Morgan fingerprint density at radius 1 is 1.41 bits per heavy atom. The molecule has 22 heavy (non-hydrogen) atoms. The van der Waals surface area contributed by atoms with Crippen molar-refractivity contribution >= 4 is 11.0 Å². The Kier molecular flexibility index (Phi) is 3.16. The zero-order chi connectivity index (χ0) is 15.1. The third-order valence-electron chi connectivity index (χ3n) is 4.38. The highest BCUT2D eigenvalue weighted by atomic mass is 16.3. The van der Waals surface area contributed by atoms with E-state index in [0.29, 0.717) is 0 Å². The van der Waals surface area contributed by atoms with Gasteiger partial charge >= 0.3 is 0 Å². The summed E-state index contributed by atoms with van der Waals surface area (Å²) in [6.07, 6.45) is 4.05. The van der Waals surface area contributed by atoms with Gasteiger partial charge in [-0.3, -0.25) is 4.68 Å². The lowest BCUT2D eigenvalue weighted by atomic mass is 9.83. The first-order chi connectivity index (χ1) is 10.7. The molecule has 3 aromatic rings. The van der Waals surface area contributed by atoms with Crippen LogP contribution in [0, 0.1) is 0 Å². The molecule has 0 aliphatic heterocycles. The van der Waals surface area contributed by atoms with E-state index in [1.807, 2.05) is 36.1 Å². The van der Waals surface area contributed by atoms with Crippen LogP contribution >= 0.6 is 0 Å². The number of benzene rings is 1. The largest absolute Gasteiger partial charge is 0.391 e. The van der Waals surface area contributed by atoms with Gasteiger partial charge in [0, 0.05) is 32.0 Å². The Hall–Kier alpha value is -2.25. The lowest BCUT2D eigenvalue weighted by Crippen LogP contribution is -2.54. The summed E-state index contributed by atoms with van der Waals surface area (Å²) in [7, 11) is 1.89. The number of aliphatic hydroxyl groups excluding tert-OH is 1. The molecule has 0 saturated heterocycles. The van der Waals surface area contributed by atoms with Gasteiger partial charge in [-0.1, -0.05) is 11.3 Å². The van der Waals surface area contributed by atoms with Crippen molar-refractivity contribution in [3.8, 4) is 0 Å². The van der Waals surface area contributed by atoms with Crippen LogP contribution in [0.2, 0.25) is 0 Å². The van der Waals surface area contributed by atoms with Crippen molar-refractivity contribution in [3.63, 3.8) is 0 Å². The first-order valence-corrected chi connectivity index (χ1v) is 7.41. The van der Waals surface area contributed by atoms with Crippen molar-refractivity contribution in [1.29, 1.82) is 0 Å². The van der Waals surface area contributed by atoms with E-state index in [2.05, 4.69) is 26.8 Å². The van der Waals surface area contributed by atoms with Gasteiger partial charge in [0.1, 0.15) is 5.52 Å². The minimum absolute atomic E-state index is 0.00949. The van der Waals surface area contributed by atoms with Crippen LogP contribution in [-0.2, 0) is 13.6 Å². The van der Waals surface area contributed by atoms with E-state index in [9.17, 15) is 5.11 Å². The van der Waals surface area contributed by atoms with Crippen LogP contribution < -0.4 is 5.32 Å². The van der Waals surface area contributed by atoms with E-state index in [4.69, 9.17) is 0 Å². The van der Waals surface area contributed by atoms with Gasteiger partial charge in [-0.25, -0.2) is 4.68 Å². The smallest absolute Gasteiger partial charge is 0.113 e. The maximum Gasteiger partial charge on any atom is 0.113 e. The molecule has 1 aromatic carbocycles. The summed E-state index contributed by atoms with van der Waals surface area (Å²) in [4.78, 5) is 0. The van der Waals surface area contributed by atoms with Crippen LogP contribution in [0.5, 0.6) is 0 Å². The number of nitrogens with one attached hydrogen (secondary N) is 1. The minimum Gasteiger partial charge on any atom is -0.391 e. The Balaban J connectivity index is 1.45. The highest BCUT2D eigenvalue weighted by molar-refractivity contribution is 5.74. The number of rotatable bonds is 4. The fourth-order valence-corrected chi connectivity index (χ4v) is 3.08. The van der Waals surface area contributed by atoms with Crippen LogP contribution in [-0.4, -0.2) is 42.0 Å². The Morgan fingerprint density at radius 3 is 3.09 bits per heavy atom. The predicted molar refractivity (Wildman–Crippen MR) is 81.0 cm³/mol. The summed E-state index contributed by atoms with van der Waals surface area (Å²) in [6, 6.07) is 8.28.